The lowest BCUT2D eigenvalue weighted by Crippen LogP contribution is -2.28. The Bertz CT molecular complexity index is 834. The second-order valence-corrected chi connectivity index (χ2v) is 6.96. The molecule has 0 atom stereocenters. The van der Waals surface area contributed by atoms with Crippen LogP contribution >= 0.6 is 11.6 Å². The highest BCUT2D eigenvalue weighted by atomic mass is 35.5. The van der Waals surface area contributed by atoms with Crippen LogP contribution in [0.4, 0.5) is 11.4 Å². The third-order valence-corrected chi connectivity index (χ3v) is 4.97. The van der Waals surface area contributed by atoms with Crippen LogP contribution in [0, 0.1) is 0 Å². The first-order valence-corrected chi connectivity index (χ1v) is 9.52. The summed E-state index contributed by atoms with van der Waals surface area (Å²) in [6, 6.07) is 13.5. The average molecular weight is 386 g/mol. The Kier molecular flexibility index (Phi) is 6.48. The topological polar surface area (TPSA) is 64.9 Å². The summed E-state index contributed by atoms with van der Waals surface area (Å²) in [4.78, 5) is 18.0. The predicted octanol–water partition coefficient (Wildman–Crippen LogP) is 3.86. The van der Waals surface area contributed by atoms with Gasteiger partial charge in [-0.2, -0.15) is 0 Å². The van der Waals surface area contributed by atoms with Crippen molar-refractivity contribution in [3.8, 4) is 0 Å². The van der Waals surface area contributed by atoms with Gasteiger partial charge >= 0.3 is 0 Å². The molecule has 0 aromatic heterocycles. The molecule has 27 heavy (non-hydrogen) atoms. The van der Waals surface area contributed by atoms with Crippen LogP contribution in [0.5, 0.6) is 0 Å². The number of aliphatic hydroxyl groups excluding tert-OH is 1. The number of para-hydroxylation sites is 1. The molecule has 0 heterocycles. The van der Waals surface area contributed by atoms with Gasteiger partial charge in [0.2, 0.25) is 6.41 Å². The minimum Gasteiger partial charge on any atom is -0.396 e. The number of benzene rings is 2. The zero-order valence-electron chi connectivity index (χ0n) is 15.4. The van der Waals surface area contributed by atoms with Crippen LogP contribution in [0.15, 0.2) is 47.5 Å². The molecule has 1 saturated carbocycles. The van der Waals surface area contributed by atoms with Gasteiger partial charge in [0.15, 0.2) is 0 Å². The van der Waals surface area contributed by atoms with Crippen molar-refractivity contribution in [2.45, 2.75) is 25.2 Å². The largest absolute Gasteiger partial charge is 0.396 e. The van der Waals surface area contributed by atoms with E-state index >= 15 is 0 Å². The van der Waals surface area contributed by atoms with Crippen LogP contribution < -0.4 is 10.2 Å². The van der Waals surface area contributed by atoms with Crippen molar-refractivity contribution in [1.29, 1.82) is 0 Å². The van der Waals surface area contributed by atoms with E-state index in [0.29, 0.717) is 35.4 Å². The first-order valence-electron chi connectivity index (χ1n) is 9.14. The second-order valence-electron chi connectivity index (χ2n) is 6.55. The van der Waals surface area contributed by atoms with Gasteiger partial charge in [0.25, 0.3) is 0 Å². The van der Waals surface area contributed by atoms with Crippen LogP contribution in [-0.2, 0) is 4.79 Å². The van der Waals surface area contributed by atoms with E-state index in [2.05, 4.69) is 22.4 Å². The number of nitrogens with zero attached hydrogens (tertiary/aromatic N) is 2. The molecule has 0 unspecified atom stereocenters. The Labute approximate surface area is 164 Å². The molecule has 0 spiro atoms. The van der Waals surface area contributed by atoms with E-state index in [4.69, 9.17) is 16.7 Å². The highest BCUT2D eigenvalue weighted by molar-refractivity contribution is 6.34. The average Bonchev–Trinajstić information content (AvgIpc) is 3.53. The lowest BCUT2D eigenvalue weighted by atomic mass is 10.0. The SMILES string of the molecule is CN=C(NCCCO)c1ccc(C2CC2)cc1N(C=O)c1ccccc1Cl. The van der Waals surface area contributed by atoms with Crippen molar-refractivity contribution >= 4 is 35.2 Å². The van der Waals surface area contributed by atoms with Gasteiger partial charge < -0.3 is 10.4 Å². The number of aliphatic hydroxyl groups is 1. The second kappa shape index (κ2) is 9.02. The maximum absolute atomic E-state index is 12.1. The Morgan fingerprint density at radius 1 is 1.30 bits per heavy atom. The van der Waals surface area contributed by atoms with Gasteiger partial charge in [-0.15, -0.1) is 0 Å². The fourth-order valence-electron chi connectivity index (χ4n) is 3.09. The van der Waals surface area contributed by atoms with E-state index in [1.54, 1.807) is 18.0 Å². The van der Waals surface area contributed by atoms with Gasteiger partial charge in [0.1, 0.15) is 5.84 Å². The molecule has 2 aromatic carbocycles. The molecule has 0 radical (unpaired) electrons. The number of carbonyl (C=O) groups is 1. The molecule has 1 amide bonds. The van der Waals surface area contributed by atoms with Crippen LogP contribution in [-0.4, -0.2) is 37.6 Å². The normalized spacial score (nSPS) is 14.1. The van der Waals surface area contributed by atoms with Gasteiger partial charge in [-0.3, -0.25) is 14.7 Å². The van der Waals surface area contributed by atoms with Gasteiger partial charge in [0.05, 0.1) is 16.4 Å². The number of aliphatic imine (C=N–C) groups is 1. The highest BCUT2D eigenvalue weighted by Gasteiger charge is 2.26. The summed E-state index contributed by atoms with van der Waals surface area (Å²) >= 11 is 6.36. The summed E-state index contributed by atoms with van der Waals surface area (Å²) < 4.78 is 0. The third kappa shape index (κ3) is 4.49. The van der Waals surface area contributed by atoms with Crippen molar-refractivity contribution in [3.05, 3.63) is 58.6 Å². The lowest BCUT2D eigenvalue weighted by Gasteiger charge is -2.24. The zero-order chi connectivity index (χ0) is 19.2. The maximum atomic E-state index is 12.1. The molecule has 1 aliphatic carbocycles. The Morgan fingerprint density at radius 3 is 2.70 bits per heavy atom. The molecule has 142 valence electrons. The zero-order valence-corrected chi connectivity index (χ0v) is 16.1. The Hall–Kier alpha value is -2.37. The number of amidine groups is 1. The van der Waals surface area contributed by atoms with E-state index in [0.717, 1.165) is 17.7 Å². The number of rotatable bonds is 8. The van der Waals surface area contributed by atoms with Gasteiger partial charge in [-0.1, -0.05) is 29.8 Å². The number of carbonyl (C=O) groups excluding carboxylic acids is 1. The van der Waals surface area contributed by atoms with Crippen molar-refractivity contribution in [2.24, 2.45) is 4.99 Å². The lowest BCUT2D eigenvalue weighted by molar-refractivity contribution is -0.106. The van der Waals surface area contributed by atoms with Crippen LogP contribution in [0.25, 0.3) is 0 Å². The Morgan fingerprint density at radius 2 is 2.07 bits per heavy atom. The summed E-state index contributed by atoms with van der Waals surface area (Å²) in [5.74, 6) is 1.24. The van der Waals surface area contributed by atoms with Crippen LogP contribution in [0.3, 0.4) is 0 Å². The number of nitrogens with one attached hydrogen (secondary N) is 1. The summed E-state index contributed by atoms with van der Waals surface area (Å²) in [7, 11) is 1.71. The first kappa shape index (κ1) is 19.4. The molecule has 1 aliphatic rings. The fraction of sp³-hybridized carbons (Fsp3) is 0.333. The highest BCUT2D eigenvalue weighted by Crippen LogP contribution is 2.43. The van der Waals surface area contributed by atoms with Crippen molar-refractivity contribution in [1.82, 2.24) is 5.32 Å². The fourth-order valence-corrected chi connectivity index (χ4v) is 3.32. The molecular weight excluding hydrogens is 362 g/mol. The van der Waals surface area contributed by atoms with Crippen molar-refractivity contribution in [3.63, 3.8) is 0 Å². The summed E-state index contributed by atoms with van der Waals surface area (Å²) in [6.07, 6.45) is 3.76. The van der Waals surface area contributed by atoms with E-state index in [1.165, 1.54) is 18.4 Å². The summed E-state index contributed by atoms with van der Waals surface area (Å²) in [5, 5.41) is 12.8. The minimum absolute atomic E-state index is 0.109. The molecule has 0 bridgehead atoms. The van der Waals surface area contributed by atoms with Crippen LogP contribution in [0.2, 0.25) is 5.02 Å². The molecular formula is C21H24ClN3O2. The maximum Gasteiger partial charge on any atom is 0.218 e. The molecule has 2 N–H and O–H groups in total. The van der Waals surface area contributed by atoms with E-state index in [-0.39, 0.29) is 6.61 Å². The molecule has 1 fully saturated rings. The van der Waals surface area contributed by atoms with Crippen molar-refractivity contribution in [2.75, 3.05) is 25.1 Å². The number of amides is 1. The molecule has 3 rings (SSSR count). The molecule has 6 heteroatoms. The van der Waals surface area contributed by atoms with E-state index < -0.39 is 0 Å². The monoisotopic (exact) mass is 385 g/mol. The third-order valence-electron chi connectivity index (χ3n) is 4.65. The number of hydrogen-bond donors (Lipinski definition) is 2. The molecule has 0 aliphatic heterocycles. The quantitative estimate of drug-likeness (QED) is 0.314. The van der Waals surface area contributed by atoms with Gasteiger partial charge in [0, 0.05) is 25.8 Å². The van der Waals surface area contributed by atoms with E-state index in [9.17, 15) is 4.79 Å². The minimum atomic E-state index is 0.109. The van der Waals surface area contributed by atoms with E-state index in [1.807, 2.05) is 24.3 Å². The van der Waals surface area contributed by atoms with Crippen molar-refractivity contribution < 1.29 is 9.90 Å². The Balaban J connectivity index is 2.06. The summed E-state index contributed by atoms with van der Waals surface area (Å²) in [5.41, 5.74) is 3.43. The predicted molar refractivity (Wildman–Crippen MR) is 110 cm³/mol. The van der Waals surface area contributed by atoms with Crippen LogP contribution in [0.1, 0.15) is 36.3 Å². The standard InChI is InChI=1S/C21H24ClN3O2/c1-23-21(24-11-4-12-26)17-10-9-16(15-7-8-15)13-20(17)25(14-27)19-6-3-2-5-18(19)22/h2-3,5-6,9-10,13-15,26H,4,7-8,11-12H2,1H3,(H,23,24). The smallest absolute Gasteiger partial charge is 0.218 e. The number of anilines is 2. The molecule has 5 nitrogen and oxygen atoms in total. The summed E-state index contributed by atoms with van der Waals surface area (Å²) in [6.45, 7) is 0.706. The van der Waals surface area contributed by atoms with Gasteiger partial charge in [-0.05, 0) is 55.0 Å². The first-order chi connectivity index (χ1) is 13.2. The number of hydrogen-bond acceptors (Lipinski definition) is 3. The molecule has 0 saturated heterocycles. The number of halogens is 1. The molecule has 2 aromatic rings. The van der Waals surface area contributed by atoms with Gasteiger partial charge in [-0.25, -0.2) is 0 Å².